The van der Waals surface area contributed by atoms with Gasteiger partial charge in [-0.1, -0.05) is 17.7 Å². The van der Waals surface area contributed by atoms with Crippen LogP contribution in [0.25, 0.3) is 0 Å². The van der Waals surface area contributed by atoms with Crippen LogP contribution >= 0.6 is 11.6 Å². The van der Waals surface area contributed by atoms with Crippen LogP contribution in [0.3, 0.4) is 0 Å². The van der Waals surface area contributed by atoms with Gasteiger partial charge in [-0.05, 0) is 7.05 Å². The lowest BCUT2D eigenvalue weighted by atomic mass is 10.5. The Morgan fingerprint density at radius 3 is 2.85 bits per heavy atom. The van der Waals surface area contributed by atoms with Gasteiger partial charge in [-0.3, -0.25) is 0 Å². The van der Waals surface area contributed by atoms with Gasteiger partial charge in [-0.15, -0.1) is 0 Å². The number of nitrogens with one attached hydrogen (secondary N) is 1. The molecule has 1 N–H and O–H groups in total. The van der Waals surface area contributed by atoms with Gasteiger partial charge in [0.25, 0.3) is 0 Å². The molecule has 0 saturated heterocycles. The van der Waals surface area contributed by atoms with Gasteiger partial charge in [0.1, 0.15) is 0 Å². The minimum absolute atomic E-state index is 0.769. The Hall–Kier alpha value is -0.0900. The van der Waals surface area contributed by atoms with Crippen LogP contribution in [0.4, 0.5) is 0 Å². The van der Waals surface area contributed by atoms with E-state index >= 15 is 0 Å². The first-order chi connectivity index (χ1) is 6.31. The van der Waals surface area contributed by atoms with Crippen molar-refractivity contribution in [3.63, 3.8) is 0 Å². The monoisotopic (exact) mass is 206 g/mol. The molecule has 0 rings (SSSR count). The Balaban J connectivity index is 3.12. The molecule has 0 aliphatic heterocycles. The number of likely N-dealkylation sites (N-methyl/N-ethyl adjacent to an activating group) is 1. The maximum atomic E-state index is 5.41. The third kappa shape index (κ3) is 9.83. The maximum Gasteiger partial charge on any atom is 0.0587 e. The maximum absolute atomic E-state index is 5.41. The van der Waals surface area contributed by atoms with Gasteiger partial charge < -0.3 is 15.0 Å². The van der Waals surface area contributed by atoms with Gasteiger partial charge in [0, 0.05) is 38.8 Å². The van der Waals surface area contributed by atoms with Gasteiger partial charge in [-0.25, -0.2) is 0 Å². The van der Waals surface area contributed by atoms with E-state index in [0.29, 0.717) is 0 Å². The molecule has 0 amide bonds. The predicted octanol–water partition coefficient (Wildman–Crippen LogP) is 0.907. The zero-order chi connectivity index (χ0) is 9.94. The average molecular weight is 207 g/mol. The number of methoxy groups -OCH3 is 1. The zero-order valence-electron chi connectivity index (χ0n) is 8.42. The van der Waals surface area contributed by atoms with Crippen molar-refractivity contribution < 1.29 is 4.74 Å². The second-order valence-electron chi connectivity index (χ2n) is 2.87. The molecule has 0 aliphatic rings. The summed E-state index contributed by atoms with van der Waals surface area (Å²) < 4.78 is 4.91. The van der Waals surface area contributed by atoms with Crippen molar-refractivity contribution in [3.8, 4) is 0 Å². The highest BCUT2D eigenvalue weighted by Crippen LogP contribution is 1.84. The minimum Gasteiger partial charge on any atom is -0.383 e. The summed E-state index contributed by atoms with van der Waals surface area (Å²) >= 11 is 5.41. The number of hydrogen-bond donors (Lipinski definition) is 1. The van der Waals surface area contributed by atoms with Crippen molar-refractivity contribution in [3.05, 3.63) is 11.6 Å². The molecular formula is C9H19ClN2O. The molecule has 0 radical (unpaired) electrons. The first-order valence-corrected chi connectivity index (χ1v) is 4.88. The van der Waals surface area contributed by atoms with Gasteiger partial charge in [-0.2, -0.15) is 0 Å². The van der Waals surface area contributed by atoms with E-state index in [1.807, 2.05) is 6.08 Å². The molecule has 0 aromatic heterocycles. The lowest BCUT2D eigenvalue weighted by Gasteiger charge is -2.14. The summed E-state index contributed by atoms with van der Waals surface area (Å²) in [7, 11) is 3.77. The summed E-state index contributed by atoms with van der Waals surface area (Å²) in [6.07, 6.45) is 1.93. The van der Waals surface area contributed by atoms with E-state index in [1.165, 1.54) is 0 Å². The van der Waals surface area contributed by atoms with Gasteiger partial charge in [0.15, 0.2) is 0 Å². The van der Waals surface area contributed by atoms with Crippen LogP contribution in [0.2, 0.25) is 0 Å². The second kappa shape index (κ2) is 9.99. The minimum atomic E-state index is 0.769. The number of hydrogen-bond acceptors (Lipinski definition) is 3. The van der Waals surface area contributed by atoms with Gasteiger partial charge in [0.05, 0.1) is 6.61 Å². The van der Waals surface area contributed by atoms with Crippen molar-refractivity contribution in [2.45, 2.75) is 0 Å². The normalized spacial score (nSPS) is 11.7. The Kier molecular flexibility index (Phi) is 9.92. The topological polar surface area (TPSA) is 24.5 Å². The van der Waals surface area contributed by atoms with Crippen LogP contribution in [0.1, 0.15) is 0 Å². The molecule has 0 saturated carbocycles. The van der Waals surface area contributed by atoms with E-state index in [9.17, 15) is 0 Å². The molecule has 0 aliphatic carbocycles. The summed E-state index contributed by atoms with van der Waals surface area (Å²) in [5.74, 6) is 0. The molecule has 0 heterocycles. The standard InChI is InChI=1S/C9H19ClN2O/c1-12(7-3-4-10)8-5-11-6-9-13-2/h3-4,11H,5-9H2,1-2H3/b4-3+. The Bertz CT molecular complexity index is 131. The second-order valence-corrected chi connectivity index (χ2v) is 3.12. The number of nitrogens with zero attached hydrogens (tertiary/aromatic N) is 1. The molecule has 0 spiro atoms. The van der Waals surface area contributed by atoms with Crippen LogP contribution < -0.4 is 5.32 Å². The molecule has 0 fully saturated rings. The SMILES string of the molecule is COCCNCCN(C)C/C=C/Cl. The zero-order valence-corrected chi connectivity index (χ0v) is 9.18. The lowest BCUT2D eigenvalue weighted by Crippen LogP contribution is -2.30. The summed E-state index contributed by atoms with van der Waals surface area (Å²) in [5, 5.41) is 3.27. The van der Waals surface area contributed by atoms with Gasteiger partial charge in [0.2, 0.25) is 0 Å². The molecule has 4 heteroatoms. The van der Waals surface area contributed by atoms with Crippen LogP contribution in [0, 0.1) is 0 Å². The van der Waals surface area contributed by atoms with Crippen molar-refractivity contribution in [2.24, 2.45) is 0 Å². The Morgan fingerprint density at radius 2 is 2.23 bits per heavy atom. The molecule has 0 aromatic rings. The van der Waals surface area contributed by atoms with Crippen molar-refractivity contribution in [1.82, 2.24) is 10.2 Å². The van der Waals surface area contributed by atoms with Crippen molar-refractivity contribution in [1.29, 1.82) is 0 Å². The quantitative estimate of drug-likeness (QED) is 0.598. The van der Waals surface area contributed by atoms with E-state index < -0.39 is 0 Å². The lowest BCUT2D eigenvalue weighted by molar-refractivity contribution is 0.198. The first kappa shape index (κ1) is 12.9. The van der Waals surface area contributed by atoms with E-state index in [2.05, 4.69) is 17.3 Å². The summed E-state index contributed by atoms with van der Waals surface area (Å²) in [6.45, 7) is 4.58. The van der Waals surface area contributed by atoms with Crippen LogP contribution in [-0.2, 0) is 4.74 Å². The van der Waals surface area contributed by atoms with Crippen LogP contribution in [-0.4, -0.2) is 51.8 Å². The van der Waals surface area contributed by atoms with Gasteiger partial charge >= 0.3 is 0 Å². The van der Waals surface area contributed by atoms with E-state index in [4.69, 9.17) is 16.3 Å². The highest BCUT2D eigenvalue weighted by Gasteiger charge is 1.93. The fraction of sp³-hybridized carbons (Fsp3) is 0.778. The first-order valence-electron chi connectivity index (χ1n) is 4.44. The summed E-state index contributed by atoms with van der Waals surface area (Å²) in [4.78, 5) is 2.19. The third-order valence-corrected chi connectivity index (χ3v) is 1.84. The largest absolute Gasteiger partial charge is 0.383 e. The molecular weight excluding hydrogens is 188 g/mol. The molecule has 78 valence electrons. The molecule has 0 unspecified atom stereocenters. The molecule has 0 atom stereocenters. The van der Waals surface area contributed by atoms with E-state index in [0.717, 1.165) is 32.8 Å². The van der Waals surface area contributed by atoms with Crippen molar-refractivity contribution in [2.75, 3.05) is 46.9 Å². The predicted molar refractivity (Wildman–Crippen MR) is 57.2 cm³/mol. The highest BCUT2D eigenvalue weighted by atomic mass is 35.5. The molecule has 0 bridgehead atoms. The average Bonchev–Trinajstić information content (AvgIpc) is 2.14. The summed E-state index contributed by atoms with van der Waals surface area (Å²) in [5.41, 5.74) is 1.55. The number of ether oxygens (including phenoxy) is 1. The molecule has 0 aromatic carbocycles. The smallest absolute Gasteiger partial charge is 0.0587 e. The number of rotatable bonds is 8. The third-order valence-electron chi connectivity index (χ3n) is 1.66. The summed E-state index contributed by atoms with van der Waals surface area (Å²) in [6, 6.07) is 0. The van der Waals surface area contributed by atoms with E-state index in [-0.39, 0.29) is 0 Å². The fourth-order valence-electron chi connectivity index (χ4n) is 0.880. The highest BCUT2D eigenvalue weighted by molar-refractivity contribution is 6.25. The Morgan fingerprint density at radius 1 is 1.46 bits per heavy atom. The van der Waals surface area contributed by atoms with Crippen LogP contribution in [0.5, 0.6) is 0 Å². The Labute approximate surface area is 85.7 Å². The molecule has 13 heavy (non-hydrogen) atoms. The number of halogens is 1. The molecule has 3 nitrogen and oxygen atoms in total. The fourth-order valence-corrected chi connectivity index (χ4v) is 0.960. The van der Waals surface area contributed by atoms with Crippen molar-refractivity contribution >= 4 is 11.6 Å². The van der Waals surface area contributed by atoms with E-state index in [1.54, 1.807) is 12.6 Å². The van der Waals surface area contributed by atoms with Crippen LogP contribution in [0.15, 0.2) is 11.6 Å².